The molecule has 2 heterocycles. The first-order chi connectivity index (χ1) is 13.7. The minimum atomic E-state index is 0.219. The van der Waals surface area contributed by atoms with Crippen molar-refractivity contribution in [2.24, 2.45) is 15.9 Å². The Labute approximate surface area is 168 Å². The lowest BCUT2D eigenvalue weighted by Crippen LogP contribution is -2.31. The van der Waals surface area contributed by atoms with E-state index < -0.39 is 0 Å². The molecular formula is C21H19ClN6. The third-order valence-electron chi connectivity index (χ3n) is 4.58. The van der Waals surface area contributed by atoms with Gasteiger partial charge in [-0.15, -0.1) is 5.10 Å². The molecule has 4 rings (SSSR count). The third kappa shape index (κ3) is 4.18. The summed E-state index contributed by atoms with van der Waals surface area (Å²) in [6.07, 6.45) is 5.94. The molecule has 1 aliphatic heterocycles. The number of anilines is 1. The lowest BCUT2D eigenvalue weighted by atomic mass is 10.00. The number of benzene rings is 2. The van der Waals surface area contributed by atoms with Gasteiger partial charge in [-0.2, -0.15) is 5.10 Å². The minimum Gasteiger partial charge on any atom is -0.380 e. The Morgan fingerprint density at radius 1 is 1.07 bits per heavy atom. The molecule has 0 radical (unpaired) electrons. The third-order valence-corrected chi connectivity index (χ3v) is 4.83. The van der Waals surface area contributed by atoms with Gasteiger partial charge in [0.1, 0.15) is 11.5 Å². The molecule has 1 aromatic heterocycles. The molecule has 3 aromatic rings. The van der Waals surface area contributed by atoms with E-state index in [1.165, 1.54) is 11.1 Å². The zero-order valence-corrected chi connectivity index (χ0v) is 15.9. The molecule has 0 saturated carbocycles. The maximum Gasteiger partial charge on any atom is 0.173 e. The van der Waals surface area contributed by atoms with Crippen LogP contribution in [-0.2, 0) is 13.0 Å². The Kier molecular flexibility index (Phi) is 5.30. The van der Waals surface area contributed by atoms with Crippen LogP contribution in [0.3, 0.4) is 0 Å². The van der Waals surface area contributed by atoms with Crippen LogP contribution in [0.2, 0.25) is 5.02 Å². The number of nitrogens with zero attached hydrogens (tertiary/aromatic N) is 5. The van der Waals surface area contributed by atoms with Crippen molar-refractivity contribution in [3.8, 4) is 0 Å². The van der Waals surface area contributed by atoms with Crippen molar-refractivity contribution in [1.82, 2.24) is 9.97 Å². The second-order valence-electron chi connectivity index (χ2n) is 6.48. The zero-order chi connectivity index (χ0) is 19.3. The Morgan fingerprint density at radius 3 is 2.68 bits per heavy atom. The van der Waals surface area contributed by atoms with E-state index in [4.69, 9.17) is 17.3 Å². The van der Waals surface area contributed by atoms with Crippen molar-refractivity contribution in [1.29, 1.82) is 0 Å². The summed E-state index contributed by atoms with van der Waals surface area (Å²) in [7, 11) is 0. The van der Waals surface area contributed by atoms with Crippen molar-refractivity contribution < 1.29 is 0 Å². The number of nitrogens with two attached hydrogens (primary N) is 1. The van der Waals surface area contributed by atoms with Gasteiger partial charge in [0, 0.05) is 18.1 Å². The maximum atomic E-state index is 6.05. The lowest BCUT2D eigenvalue weighted by Gasteiger charge is -2.29. The van der Waals surface area contributed by atoms with Crippen molar-refractivity contribution in [2.75, 3.05) is 11.4 Å². The van der Waals surface area contributed by atoms with Crippen molar-refractivity contribution in [3.63, 3.8) is 0 Å². The van der Waals surface area contributed by atoms with Gasteiger partial charge in [0.2, 0.25) is 0 Å². The molecule has 0 spiro atoms. The normalized spacial score (nSPS) is 14.3. The van der Waals surface area contributed by atoms with Crippen LogP contribution in [0.1, 0.15) is 22.4 Å². The molecule has 2 N–H and O–H groups in total. The van der Waals surface area contributed by atoms with E-state index >= 15 is 0 Å². The fraction of sp³-hybridized carbons (Fsp3) is 0.143. The molecule has 7 heteroatoms. The molecule has 0 amide bonds. The van der Waals surface area contributed by atoms with Crippen LogP contribution in [0.5, 0.6) is 0 Å². The van der Waals surface area contributed by atoms with Crippen LogP contribution in [0.25, 0.3) is 0 Å². The highest BCUT2D eigenvalue weighted by Crippen LogP contribution is 2.22. The van der Waals surface area contributed by atoms with Gasteiger partial charge in [-0.05, 0) is 35.2 Å². The molecular weight excluding hydrogens is 372 g/mol. The second-order valence-corrected chi connectivity index (χ2v) is 6.92. The van der Waals surface area contributed by atoms with Gasteiger partial charge < -0.3 is 10.6 Å². The van der Waals surface area contributed by atoms with E-state index in [9.17, 15) is 0 Å². The Balaban J connectivity index is 1.49. The standard InChI is InChI=1S/C21H19ClN6/c22-18-7-5-15(6-8-18)11-25-27-21(23)19-12-24-13-20(26-19)28-10-9-16-3-1-2-4-17(16)14-28/h1-8,11-13H,9-10,14H2,(H2,23,27)/b25-11+. The summed E-state index contributed by atoms with van der Waals surface area (Å²) in [6.45, 7) is 1.70. The first kappa shape index (κ1) is 18.1. The van der Waals surface area contributed by atoms with E-state index in [1.54, 1.807) is 30.7 Å². The summed E-state index contributed by atoms with van der Waals surface area (Å²) >= 11 is 5.87. The van der Waals surface area contributed by atoms with Gasteiger partial charge in [0.05, 0.1) is 18.6 Å². The van der Waals surface area contributed by atoms with Crippen LogP contribution >= 0.6 is 11.6 Å². The van der Waals surface area contributed by atoms with Crippen molar-refractivity contribution in [3.05, 3.63) is 88.3 Å². The number of hydrogen-bond donors (Lipinski definition) is 1. The quantitative estimate of drug-likeness (QED) is 0.420. The molecule has 6 nitrogen and oxygen atoms in total. The number of fused-ring (bicyclic) bond motifs is 1. The Bertz CT molecular complexity index is 1030. The molecule has 140 valence electrons. The Hall–Kier alpha value is -3.25. The van der Waals surface area contributed by atoms with Gasteiger partial charge in [-0.25, -0.2) is 4.98 Å². The lowest BCUT2D eigenvalue weighted by molar-refractivity contribution is 0.718. The summed E-state index contributed by atoms with van der Waals surface area (Å²) in [5.74, 6) is 1.00. The van der Waals surface area contributed by atoms with Gasteiger partial charge in [-0.1, -0.05) is 48.0 Å². The molecule has 28 heavy (non-hydrogen) atoms. The van der Waals surface area contributed by atoms with E-state index in [0.29, 0.717) is 10.7 Å². The molecule has 0 aliphatic carbocycles. The monoisotopic (exact) mass is 390 g/mol. The Morgan fingerprint density at radius 2 is 1.86 bits per heavy atom. The average molecular weight is 391 g/mol. The van der Waals surface area contributed by atoms with Gasteiger partial charge in [-0.3, -0.25) is 4.98 Å². The zero-order valence-electron chi connectivity index (χ0n) is 15.2. The first-order valence-corrected chi connectivity index (χ1v) is 9.33. The fourth-order valence-corrected chi connectivity index (χ4v) is 3.21. The number of rotatable bonds is 4. The highest BCUT2D eigenvalue weighted by atomic mass is 35.5. The molecule has 0 unspecified atom stereocenters. The van der Waals surface area contributed by atoms with E-state index in [1.807, 2.05) is 12.1 Å². The molecule has 1 aliphatic rings. The fourth-order valence-electron chi connectivity index (χ4n) is 3.08. The molecule has 0 saturated heterocycles. The molecule has 0 fully saturated rings. The largest absolute Gasteiger partial charge is 0.380 e. The first-order valence-electron chi connectivity index (χ1n) is 8.95. The predicted molar refractivity (Wildman–Crippen MR) is 113 cm³/mol. The van der Waals surface area contributed by atoms with Gasteiger partial charge in [0.25, 0.3) is 0 Å². The summed E-state index contributed by atoms with van der Waals surface area (Å²) in [4.78, 5) is 11.1. The number of hydrogen-bond acceptors (Lipinski definition) is 5. The summed E-state index contributed by atoms with van der Waals surface area (Å²) in [6, 6.07) is 15.8. The summed E-state index contributed by atoms with van der Waals surface area (Å²) in [5.41, 5.74) is 10.1. The molecule has 2 aromatic carbocycles. The highest BCUT2D eigenvalue weighted by Gasteiger charge is 2.17. The van der Waals surface area contributed by atoms with Crippen molar-refractivity contribution in [2.45, 2.75) is 13.0 Å². The number of amidine groups is 1. The van der Waals surface area contributed by atoms with Crippen LogP contribution in [0.15, 0.2) is 71.1 Å². The topological polar surface area (TPSA) is 79.8 Å². The highest BCUT2D eigenvalue weighted by molar-refractivity contribution is 6.30. The summed E-state index contributed by atoms with van der Waals surface area (Å²) < 4.78 is 0. The van der Waals surface area contributed by atoms with E-state index in [2.05, 4.69) is 49.3 Å². The maximum absolute atomic E-state index is 6.05. The van der Waals surface area contributed by atoms with Crippen LogP contribution in [0, 0.1) is 0 Å². The number of aromatic nitrogens is 2. The van der Waals surface area contributed by atoms with Crippen LogP contribution in [-0.4, -0.2) is 28.6 Å². The molecule has 0 atom stereocenters. The van der Waals surface area contributed by atoms with Crippen LogP contribution in [0.4, 0.5) is 5.82 Å². The SMILES string of the molecule is N/C(=N/N=C/c1ccc(Cl)cc1)c1cncc(N2CCc3ccccc3C2)n1. The predicted octanol–water partition coefficient (Wildman–Crippen LogP) is 3.43. The second kappa shape index (κ2) is 8.19. The minimum absolute atomic E-state index is 0.219. The van der Waals surface area contributed by atoms with Crippen LogP contribution < -0.4 is 10.6 Å². The van der Waals surface area contributed by atoms with Crippen molar-refractivity contribution >= 4 is 29.5 Å². The smallest absolute Gasteiger partial charge is 0.173 e. The van der Waals surface area contributed by atoms with Gasteiger partial charge >= 0.3 is 0 Å². The average Bonchev–Trinajstić information content (AvgIpc) is 2.75. The molecule has 0 bridgehead atoms. The van der Waals surface area contributed by atoms with E-state index in [0.717, 1.165) is 30.9 Å². The number of halogens is 1. The summed E-state index contributed by atoms with van der Waals surface area (Å²) in [5, 5.41) is 8.75. The van der Waals surface area contributed by atoms with E-state index in [-0.39, 0.29) is 5.84 Å². The van der Waals surface area contributed by atoms with Gasteiger partial charge in [0.15, 0.2) is 5.84 Å².